The number of fused-ring (bicyclic) bond motifs is 1. The first-order valence-corrected chi connectivity index (χ1v) is 5.49. The molecule has 3 nitrogen and oxygen atoms in total. The Balaban J connectivity index is 2.16. The van der Waals surface area contributed by atoms with E-state index in [9.17, 15) is 0 Å². The predicted molar refractivity (Wildman–Crippen MR) is 64.0 cm³/mol. The van der Waals surface area contributed by atoms with Gasteiger partial charge in [0.2, 0.25) is 0 Å². The number of hydrogen-bond donors (Lipinski definition) is 1. The SMILES string of the molecule is Cc1[nH]cnc1C1=NCCc2ccccc21. The summed E-state index contributed by atoms with van der Waals surface area (Å²) < 4.78 is 0. The monoisotopic (exact) mass is 211 g/mol. The van der Waals surface area contributed by atoms with E-state index in [1.165, 1.54) is 11.1 Å². The Kier molecular flexibility index (Phi) is 2.10. The molecule has 80 valence electrons. The number of aromatic nitrogens is 2. The summed E-state index contributed by atoms with van der Waals surface area (Å²) in [7, 11) is 0. The van der Waals surface area contributed by atoms with Crippen LogP contribution in [0.3, 0.4) is 0 Å². The van der Waals surface area contributed by atoms with Gasteiger partial charge in [-0.3, -0.25) is 4.99 Å². The minimum absolute atomic E-state index is 0.860. The molecule has 1 aliphatic rings. The van der Waals surface area contributed by atoms with Gasteiger partial charge in [0.25, 0.3) is 0 Å². The summed E-state index contributed by atoms with van der Waals surface area (Å²) in [4.78, 5) is 12.1. The molecular weight excluding hydrogens is 198 g/mol. The van der Waals surface area contributed by atoms with Crippen LogP contribution in [0.5, 0.6) is 0 Å². The van der Waals surface area contributed by atoms with Gasteiger partial charge in [-0.15, -0.1) is 0 Å². The molecule has 3 heteroatoms. The van der Waals surface area contributed by atoms with Crippen molar-refractivity contribution in [3.8, 4) is 0 Å². The average Bonchev–Trinajstić information content (AvgIpc) is 2.75. The van der Waals surface area contributed by atoms with Gasteiger partial charge in [-0.05, 0) is 18.9 Å². The van der Waals surface area contributed by atoms with Gasteiger partial charge in [-0.2, -0.15) is 0 Å². The molecule has 0 atom stereocenters. The highest BCUT2D eigenvalue weighted by Crippen LogP contribution is 2.20. The van der Waals surface area contributed by atoms with E-state index in [-0.39, 0.29) is 0 Å². The van der Waals surface area contributed by atoms with Crippen LogP contribution in [0.15, 0.2) is 35.6 Å². The zero-order chi connectivity index (χ0) is 11.0. The van der Waals surface area contributed by atoms with E-state index in [1.807, 2.05) is 6.92 Å². The largest absolute Gasteiger partial charge is 0.348 e. The number of aliphatic imine (C=N–C) groups is 1. The summed E-state index contributed by atoms with van der Waals surface area (Å²) >= 11 is 0. The molecule has 0 spiro atoms. The summed E-state index contributed by atoms with van der Waals surface area (Å²) in [6.45, 7) is 2.89. The molecule has 1 N–H and O–H groups in total. The number of nitrogens with zero attached hydrogens (tertiary/aromatic N) is 2. The van der Waals surface area contributed by atoms with Gasteiger partial charge in [0.15, 0.2) is 0 Å². The van der Waals surface area contributed by atoms with Crippen molar-refractivity contribution in [1.29, 1.82) is 0 Å². The second-order valence-electron chi connectivity index (χ2n) is 4.01. The fraction of sp³-hybridized carbons (Fsp3) is 0.231. The Labute approximate surface area is 94.3 Å². The Hall–Kier alpha value is -1.90. The molecule has 0 saturated heterocycles. The highest BCUT2D eigenvalue weighted by molar-refractivity contribution is 6.13. The lowest BCUT2D eigenvalue weighted by Gasteiger charge is -2.15. The fourth-order valence-corrected chi connectivity index (χ4v) is 2.14. The van der Waals surface area contributed by atoms with Crippen LogP contribution in [-0.2, 0) is 6.42 Å². The third kappa shape index (κ3) is 1.36. The molecule has 1 aliphatic heterocycles. The lowest BCUT2D eigenvalue weighted by molar-refractivity contribution is 0.941. The second-order valence-corrected chi connectivity index (χ2v) is 4.01. The summed E-state index contributed by atoms with van der Waals surface area (Å²) in [6, 6.07) is 8.44. The molecule has 2 aromatic rings. The van der Waals surface area contributed by atoms with Crippen LogP contribution < -0.4 is 0 Å². The average molecular weight is 211 g/mol. The molecule has 0 unspecified atom stereocenters. The third-order valence-corrected chi connectivity index (χ3v) is 2.98. The highest BCUT2D eigenvalue weighted by Gasteiger charge is 2.17. The maximum absolute atomic E-state index is 4.61. The van der Waals surface area contributed by atoms with Crippen LogP contribution in [0.4, 0.5) is 0 Å². The molecule has 0 radical (unpaired) electrons. The molecule has 3 rings (SSSR count). The van der Waals surface area contributed by atoms with Crippen LogP contribution in [0.1, 0.15) is 22.5 Å². The van der Waals surface area contributed by atoms with Gasteiger partial charge < -0.3 is 4.98 Å². The van der Waals surface area contributed by atoms with Crippen molar-refractivity contribution in [2.45, 2.75) is 13.3 Å². The first-order valence-electron chi connectivity index (χ1n) is 5.49. The van der Waals surface area contributed by atoms with Crippen molar-refractivity contribution < 1.29 is 0 Å². The Morgan fingerprint density at radius 2 is 2.12 bits per heavy atom. The quantitative estimate of drug-likeness (QED) is 0.771. The maximum atomic E-state index is 4.61. The number of imidazole rings is 1. The topological polar surface area (TPSA) is 41.0 Å². The van der Waals surface area contributed by atoms with Crippen molar-refractivity contribution in [2.75, 3.05) is 6.54 Å². The van der Waals surface area contributed by atoms with E-state index in [1.54, 1.807) is 6.33 Å². The van der Waals surface area contributed by atoms with Crippen LogP contribution in [0.2, 0.25) is 0 Å². The predicted octanol–water partition coefficient (Wildman–Crippen LogP) is 2.11. The third-order valence-electron chi connectivity index (χ3n) is 2.98. The Morgan fingerprint density at radius 1 is 1.25 bits per heavy atom. The summed E-state index contributed by atoms with van der Waals surface area (Å²) in [5, 5.41) is 0. The molecule has 0 bridgehead atoms. The molecule has 16 heavy (non-hydrogen) atoms. The molecule has 0 aliphatic carbocycles. The molecule has 0 saturated carbocycles. The lowest BCUT2D eigenvalue weighted by Crippen LogP contribution is -2.15. The van der Waals surface area contributed by atoms with E-state index in [0.29, 0.717) is 0 Å². The summed E-state index contributed by atoms with van der Waals surface area (Å²) in [6.07, 6.45) is 2.76. The number of rotatable bonds is 1. The number of aryl methyl sites for hydroxylation is 1. The van der Waals surface area contributed by atoms with Gasteiger partial charge in [-0.1, -0.05) is 24.3 Å². The smallest absolute Gasteiger partial charge is 0.109 e. The second kappa shape index (κ2) is 3.59. The van der Waals surface area contributed by atoms with E-state index in [4.69, 9.17) is 0 Å². The van der Waals surface area contributed by atoms with Crippen LogP contribution >= 0.6 is 0 Å². The zero-order valence-electron chi connectivity index (χ0n) is 9.20. The number of benzene rings is 1. The zero-order valence-corrected chi connectivity index (χ0v) is 9.20. The maximum Gasteiger partial charge on any atom is 0.109 e. The number of H-pyrrole nitrogens is 1. The van der Waals surface area contributed by atoms with Crippen molar-refractivity contribution in [3.63, 3.8) is 0 Å². The number of nitrogens with one attached hydrogen (secondary N) is 1. The van der Waals surface area contributed by atoms with E-state index < -0.39 is 0 Å². The number of hydrogen-bond acceptors (Lipinski definition) is 2. The molecule has 0 fully saturated rings. The van der Waals surface area contributed by atoms with Crippen LogP contribution in [0, 0.1) is 6.92 Å². The Bertz CT molecular complexity index is 552. The van der Waals surface area contributed by atoms with E-state index in [0.717, 1.165) is 30.1 Å². The van der Waals surface area contributed by atoms with Gasteiger partial charge >= 0.3 is 0 Å². The molecule has 1 aromatic heterocycles. The van der Waals surface area contributed by atoms with Crippen LogP contribution in [-0.4, -0.2) is 22.2 Å². The summed E-state index contributed by atoms with van der Waals surface area (Å²) in [5.41, 5.74) is 5.68. The first kappa shape index (κ1) is 9.33. The minimum Gasteiger partial charge on any atom is -0.348 e. The van der Waals surface area contributed by atoms with E-state index in [2.05, 4.69) is 39.2 Å². The van der Waals surface area contributed by atoms with Crippen LogP contribution in [0.25, 0.3) is 0 Å². The fourth-order valence-electron chi connectivity index (χ4n) is 2.14. The van der Waals surface area contributed by atoms with Crippen molar-refractivity contribution in [2.24, 2.45) is 4.99 Å². The van der Waals surface area contributed by atoms with Crippen molar-refractivity contribution >= 4 is 5.71 Å². The van der Waals surface area contributed by atoms with Gasteiger partial charge in [0.1, 0.15) is 5.69 Å². The van der Waals surface area contributed by atoms with Gasteiger partial charge in [-0.25, -0.2) is 4.98 Å². The Morgan fingerprint density at radius 3 is 2.94 bits per heavy atom. The molecular formula is C13H13N3. The van der Waals surface area contributed by atoms with Gasteiger partial charge in [0.05, 0.1) is 12.0 Å². The molecule has 0 amide bonds. The van der Waals surface area contributed by atoms with Gasteiger partial charge in [0, 0.05) is 17.8 Å². The molecule has 2 heterocycles. The first-order chi connectivity index (χ1) is 7.86. The van der Waals surface area contributed by atoms with Crippen molar-refractivity contribution in [3.05, 3.63) is 53.1 Å². The standard InChI is InChI=1S/C13H13N3/c1-9-12(16-8-15-9)13-11-5-3-2-4-10(11)6-7-14-13/h2-5,8H,6-7H2,1H3,(H,15,16). The minimum atomic E-state index is 0.860. The summed E-state index contributed by atoms with van der Waals surface area (Å²) in [5.74, 6) is 0. The highest BCUT2D eigenvalue weighted by atomic mass is 14.9. The van der Waals surface area contributed by atoms with E-state index >= 15 is 0 Å². The lowest BCUT2D eigenvalue weighted by atomic mass is 9.95. The normalized spacial score (nSPS) is 14.4. The van der Waals surface area contributed by atoms with Crippen molar-refractivity contribution in [1.82, 2.24) is 9.97 Å². The number of aromatic amines is 1. The molecule has 1 aromatic carbocycles.